The van der Waals surface area contributed by atoms with Crippen LogP contribution in [0.2, 0.25) is 0 Å². The molecule has 1 amide bonds. The Morgan fingerprint density at radius 1 is 1.31 bits per heavy atom. The first-order valence-electron chi connectivity index (χ1n) is 9.13. The van der Waals surface area contributed by atoms with Crippen LogP contribution in [0.25, 0.3) is 0 Å². The molecule has 2 N–H and O–H groups in total. The Morgan fingerprint density at radius 2 is 2.19 bits per heavy atom. The van der Waals surface area contributed by atoms with E-state index < -0.39 is 0 Å². The Bertz CT molecular complexity index is 852. The van der Waals surface area contributed by atoms with E-state index in [-0.39, 0.29) is 30.1 Å². The summed E-state index contributed by atoms with van der Waals surface area (Å²) in [7, 11) is 0. The van der Waals surface area contributed by atoms with E-state index in [1.807, 2.05) is 0 Å². The van der Waals surface area contributed by atoms with Crippen molar-refractivity contribution in [2.24, 2.45) is 0 Å². The number of aromatic amines is 1. The van der Waals surface area contributed by atoms with E-state index in [1.54, 1.807) is 6.07 Å². The van der Waals surface area contributed by atoms with E-state index >= 15 is 0 Å². The fourth-order valence-electron chi connectivity index (χ4n) is 3.46. The summed E-state index contributed by atoms with van der Waals surface area (Å²) in [6.45, 7) is 0.551. The summed E-state index contributed by atoms with van der Waals surface area (Å²) in [4.78, 5) is 28.7. The second-order valence-electron chi connectivity index (χ2n) is 6.77. The normalized spacial score (nSPS) is 19.8. The predicted octanol–water partition coefficient (Wildman–Crippen LogP) is 1.12. The first kappa shape index (κ1) is 16.9. The second kappa shape index (κ2) is 7.36. The molecule has 1 aliphatic heterocycles. The number of ether oxygens (including phenoxy) is 1. The minimum absolute atomic E-state index is 0.0954. The van der Waals surface area contributed by atoms with Crippen molar-refractivity contribution < 1.29 is 9.53 Å². The maximum atomic E-state index is 12.3. The molecule has 0 spiro atoms. The molecule has 26 heavy (non-hydrogen) atoms. The number of aryl methyl sites for hydroxylation is 2. The number of hydrogen-bond donors (Lipinski definition) is 2. The van der Waals surface area contributed by atoms with Gasteiger partial charge in [-0.05, 0) is 44.1 Å². The number of hydrogen-bond acceptors (Lipinski definition) is 6. The molecule has 2 aliphatic rings. The van der Waals surface area contributed by atoms with Crippen LogP contribution in [-0.4, -0.2) is 37.5 Å². The highest BCUT2D eigenvalue weighted by Crippen LogP contribution is 2.26. The molecule has 0 unspecified atom stereocenters. The summed E-state index contributed by atoms with van der Waals surface area (Å²) in [5.41, 5.74) is 1.68. The fraction of sp³-hybridized carbons (Fsp3) is 0.588. The summed E-state index contributed by atoms with van der Waals surface area (Å²) < 4.78 is 6.75. The Morgan fingerprint density at radius 3 is 3.04 bits per heavy atom. The molecular weight excluding hydrogens is 336 g/mol. The number of fused-ring (bicyclic) bond motifs is 1. The summed E-state index contributed by atoms with van der Waals surface area (Å²) >= 11 is 0. The van der Waals surface area contributed by atoms with Crippen LogP contribution in [0.15, 0.2) is 10.9 Å². The maximum Gasteiger partial charge on any atom is 0.267 e. The highest BCUT2D eigenvalue weighted by atomic mass is 16.5. The van der Waals surface area contributed by atoms with Gasteiger partial charge in [0.1, 0.15) is 12.6 Å². The molecule has 0 saturated carbocycles. The zero-order valence-electron chi connectivity index (χ0n) is 14.5. The highest BCUT2D eigenvalue weighted by Gasteiger charge is 2.22. The minimum Gasteiger partial charge on any atom is -0.370 e. The minimum atomic E-state index is -0.383. The van der Waals surface area contributed by atoms with Crippen molar-refractivity contribution in [2.45, 2.75) is 57.6 Å². The number of amides is 1. The maximum absolute atomic E-state index is 12.3. The monoisotopic (exact) mass is 358 g/mol. The first-order chi connectivity index (χ1) is 12.7. The lowest BCUT2D eigenvalue weighted by Gasteiger charge is -2.09. The quantitative estimate of drug-likeness (QED) is 0.792. The van der Waals surface area contributed by atoms with E-state index in [4.69, 9.17) is 4.74 Å². The van der Waals surface area contributed by atoms with E-state index in [9.17, 15) is 9.59 Å². The molecule has 9 heteroatoms. The standard InChI is InChI=1S/C17H22N6O3/c24-14(18-17-19-16(20-21-17)13-7-4-8-26-13)10-23-15(25)9-11-5-2-1-3-6-12(11)22-23/h9,13H,1-8,10H2,(H2,18,19,20,21,24)/t13-/m0/s1. The molecule has 2 aromatic rings. The molecule has 1 fully saturated rings. The van der Waals surface area contributed by atoms with Crippen LogP contribution in [0.3, 0.4) is 0 Å². The molecule has 9 nitrogen and oxygen atoms in total. The van der Waals surface area contributed by atoms with Gasteiger partial charge < -0.3 is 4.74 Å². The van der Waals surface area contributed by atoms with Gasteiger partial charge in [-0.25, -0.2) is 4.68 Å². The number of nitrogens with zero attached hydrogens (tertiary/aromatic N) is 4. The number of H-pyrrole nitrogens is 1. The molecule has 1 aliphatic carbocycles. The zero-order chi connectivity index (χ0) is 17.9. The Labute approximate surface area is 150 Å². The zero-order valence-corrected chi connectivity index (χ0v) is 14.5. The van der Waals surface area contributed by atoms with Crippen molar-refractivity contribution in [3.05, 3.63) is 33.5 Å². The van der Waals surface area contributed by atoms with Gasteiger partial charge in [0.2, 0.25) is 11.9 Å². The number of aromatic nitrogens is 5. The van der Waals surface area contributed by atoms with Crippen molar-refractivity contribution in [1.82, 2.24) is 25.0 Å². The van der Waals surface area contributed by atoms with Crippen molar-refractivity contribution >= 4 is 11.9 Å². The average molecular weight is 358 g/mol. The lowest BCUT2D eigenvalue weighted by atomic mass is 10.1. The van der Waals surface area contributed by atoms with Gasteiger partial charge in [0.25, 0.3) is 5.56 Å². The van der Waals surface area contributed by atoms with Crippen molar-refractivity contribution in [1.29, 1.82) is 0 Å². The third-order valence-corrected chi connectivity index (χ3v) is 4.81. The number of carbonyl (C=O) groups excluding carboxylic acids is 1. The summed E-state index contributed by atoms with van der Waals surface area (Å²) in [5.74, 6) is 0.410. The SMILES string of the molecule is O=C(Cn1nc2c(cc1=O)CCCCC2)Nc1n[nH]c([C@@H]2CCCO2)n1. The van der Waals surface area contributed by atoms with Gasteiger partial charge in [-0.3, -0.25) is 20.0 Å². The third-order valence-electron chi connectivity index (χ3n) is 4.81. The number of nitrogens with one attached hydrogen (secondary N) is 2. The largest absolute Gasteiger partial charge is 0.370 e. The summed E-state index contributed by atoms with van der Waals surface area (Å²) in [6.07, 6.45) is 6.79. The molecule has 0 aromatic carbocycles. The molecule has 4 rings (SSSR count). The molecule has 1 saturated heterocycles. The third kappa shape index (κ3) is 3.67. The van der Waals surface area contributed by atoms with Gasteiger partial charge >= 0.3 is 0 Å². The Kier molecular flexibility index (Phi) is 4.79. The fourth-order valence-corrected chi connectivity index (χ4v) is 3.46. The van der Waals surface area contributed by atoms with Gasteiger partial charge in [0.15, 0.2) is 5.82 Å². The lowest BCUT2D eigenvalue weighted by molar-refractivity contribution is -0.117. The van der Waals surface area contributed by atoms with Crippen LogP contribution < -0.4 is 10.9 Å². The summed E-state index contributed by atoms with van der Waals surface area (Å²) in [5, 5.41) is 13.8. The van der Waals surface area contributed by atoms with Gasteiger partial charge in [-0.1, -0.05) is 6.42 Å². The molecular formula is C17H22N6O3. The first-order valence-corrected chi connectivity index (χ1v) is 9.13. The van der Waals surface area contributed by atoms with E-state index in [0.29, 0.717) is 12.4 Å². The van der Waals surface area contributed by atoms with Crippen molar-refractivity contribution in [3.8, 4) is 0 Å². The summed E-state index contributed by atoms with van der Waals surface area (Å²) in [6, 6.07) is 1.61. The topological polar surface area (TPSA) is 115 Å². The number of anilines is 1. The number of rotatable bonds is 4. The van der Waals surface area contributed by atoms with Crippen LogP contribution in [0, 0.1) is 0 Å². The lowest BCUT2D eigenvalue weighted by Crippen LogP contribution is -2.31. The second-order valence-corrected chi connectivity index (χ2v) is 6.77. The Balaban J connectivity index is 1.43. The van der Waals surface area contributed by atoms with Crippen molar-refractivity contribution in [3.63, 3.8) is 0 Å². The van der Waals surface area contributed by atoms with Crippen LogP contribution in [0.1, 0.15) is 55.3 Å². The van der Waals surface area contributed by atoms with E-state index in [0.717, 1.165) is 56.2 Å². The van der Waals surface area contributed by atoms with E-state index in [2.05, 4.69) is 25.6 Å². The molecule has 0 bridgehead atoms. The van der Waals surface area contributed by atoms with Crippen LogP contribution >= 0.6 is 0 Å². The molecule has 0 radical (unpaired) electrons. The molecule has 2 aromatic heterocycles. The van der Waals surface area contributed by atoms with Gasteiger partial charge in [-0.2, -0.15) is 10.1 Å². The van der Waals surface area contributed by atoms with Crippen LogP contribution in [0.4, 0.5) is 5.95 Å². The van der Waals surface area contributed by atoms with Gasteiger partial charge in [-0.15, -0.1) is 5.10 Å². The highest BCUT2D eigenvalue weighted by molar-refractivity contribution is 5.88. The van der Waals surface area contributed by atoms with E-state index in [1.165, 1.54) is 4.68 Å². The number of carbonyl (C=O) groups is 1. The molecule has 3 heterocycles. The average Bonchev–Trinajstić information content (AvgIpc) is 3.25. The van der Waals surface area contributed by atoms with Gasteiger partial charge in [0.05, 0.1) is 5.69 Å². The Hall–Kier alpha value is -2.55. The predicted molar refractivity (Wildman–Crippen MR) is 92.7 cm³/mol. The molecule has 138 valence electrons. The smallest absolute Gasteiger partial charge is 0.267 e. The van der Waals surface area contributed by atoms with Crippen LogP contribution in [-0.2, 0) is 28.9 Å². The van der Waals surface area contributed by atoms with Crippen LogP contribution in [0.5, 0.6) is 0 Å². The van der Waals surface area contributed by atoms with Gasteiger partial charge in [0, 0.05) is 12.7 Å². The van der Waals surface area contributed by atoms with Crippen molar-refractivity contribution in [2.75, 3.05) is 11.9 Å². The molecule has 1 atom stereocenters.